The summed E-state index contributed by atoms with van der Waals surface area (Å²) in [5, 5.41) is 38.5. The number of pyridine rings is 1. The van der Waals surface area contributed by atoms with Gasteiger partial charge in [-0.15, -0.1) is 0 Å². The topological polar surface area (TPSA) is 228 Å². The molecule has 0 spiro atoms. The quantitative estimate of drug-likeness (QED) is 0.171. The lowest BCUT2D eigenvalue weighted by Crippen LogP contribution is -2.32. The molecule has 0 aliphatic carbocycles. The van der Waals surface area contributed by atoms with Gasteiger partial charge in [-0.1, -0.05) is 6.07 Å². The molecular formula is C20H17N11O4. The van der Waals surface area contributed by atoms with Crippen LogP contribution in [0.15, 0.2) is 35.6 Å². The minimum atomic E-state index is -0.765. The summed E-state index contributed by atoms with van der Waals surface area (Å²) in [6.45, 7) is -0.101. The normalized spacial score (nSPS) is 13.9. The molecule has 0 bridgehead atoms. The van der Waals surface area contributed by atoms with E-state index in [4.69, 9.17) is 26.2 Å². The van der Waals surface area contributed by atoms with Crippen molar-refractivity contribution in [3.63, 3.8) is 0 Å². The first-order chi connectivity index (χ1) is 16.9. The van der Waals surface area contributed by atoms with Gasteiger partial charge in [-0.2, -0.15) is 15.6 Å². The minimum absolute atomic E-state index is 0.0164. The van der Waals surface area contributed by atoms with Gasteiger partial charge in [0.15, 0.2) is 24.4 Å². The fourth-order valence-corrected chi connectivity index (χ4v) is 3.45. The van der Waals surface area contributed by atoms with Crippen LogP contribution in [0.2, 0.25) is 0 Å². The SMILES string of the molecule is COc1cc(C2N=C(NC#N)Nc3nc(N)c(C#N)c(N)c32)ccc1OCn1cc([N+](=O)[O-])cn1. The van der Waals surface area contributed by atoms with Gasteiger partial charge in [0.1, 0.15) is 41.7 Å². The number of nitriles is 2. The number of hydrogen-bond acceptors (Lipinski definition) is 13. The summed E-state index contributed by atoms with van der Waals surface area (Å²) in [6, 6.07) is 6.14. The summed E-state index contributed by atoms with van der Waals surface area (Å²) in [7, 11) is 1.44. The summed E-state index contributed by atoms with van der Waals surface area (Å²) < 4.78 is 12.4. The van der Waals surface area contributed by atoms with E-state index in [1.165, 1.54) is 18.0 Å². The molecule has 1 atom stereocenters. The molecule has 0 saturated heterocycles. The van der Waals surface area contributed by atoms with Crippen molar-refractivity contribution in [2.75, 3.05) is 23.9 Å². The number of methoxy groups -OCH3 is 1. The standard InChI is InChI=1S/C20H17N11O4/c1-34-14-4-10(2-3-13(14)35-9-30-7-11(6-26-30)31(32)33)17-15-16(23)12(5-21)18(24)28-19(15)29-20(27-17)25-8-22/h2-4,6-7,17H,9H2,1H3,(H6,23,24,25,27,28,29). The predicted molar refractivity (Wildman–Crippen MR) is 122 cm³/mol. The summed E-state index contributed by atoms with van der Waals surface area (Å²) in [4.78, 5) is 19.0. The largest absolute Gasteiger partial charge is 0.493 e. The number of nitro groups is 1. The Balaban J connectivity index is 1.70. The van der Waals surface area contributed by atoms with Gasteiger partial charge in [-0.25, -0.2) is 14.7 Å². The van der Waals surface area contributed by atoms with Crippen LogP contribution in [0.1, 0.15) is 22.7 Å². The monoisotopic (exact) mass is 475 g/mol. The lowest BCUT2D eigenvalue weighted by atomic mass is 9.95. The van der Waals surface area contributed by atoms with E-state index < -0.39 is 11.0 Å². The van der Waals surface area contributed by atoms with Crippen LogP contribution in [0.4, 0.5) is 23.0 Å². The second-order valence-corrected chi connectivity index (χ2v) is 7.08. The number of nitrogens with zero attached hydrogens (tertiary/aromatic N) is 7. The Morgan fingerprint density at radius 2 is 2.14 bits per heavy atom. The average Bonchev–Trinajstić information content (AvgIpc) is 3.32. The van der Waals surface area contributed by atoms with E-state index in [0.29, 0.717) is 22.6 Å². The first kappa shape index (κ1) is 22.6. The van der Waals surface area contributed by atoms with Crippen molar-refractivity contribution in [2.45, 2.75) is 12.8 Å². The molecule has 2 aromatic heterocycles. The van der Waals surface area contributed by atoms with Crippen LogP contribution >= 0.6 is 0 Å². The Kier molecular flexibility index (Phi) is 5.89. The first-order valence-corrected chi connectivity index (χ1v) is 9.82. The van der Waals surface area contributed by atoms with Crippen LogP contribution in [0.3, 0.4) is 0 Å². The van der Waals surface area contributed by atoms with Crippen LogP contribution in [-0.4, -0.2) is 32.8 Å². The molecule has 4 rings (SSSR count). The molecule has 0 amide bonds. The number of nitrogen functional groups attached to an aromatic ring is 2. The Morgan fingerprint density at radius 1 is 1.34 bits per heavy atom. The highest BCUT2D eigenvalue weighted by atomic mass is 16.6. The number of benzene rings is 1. The van der Waals surface area contributed by atoms with Gasteiger partial charge in [-0.3, -0.25) is 15.4 Å². The lowest BCUT2D eigenvalue weighted by Gasteiger charge is -2.26. The van der Waals surface area contributed by atoms with Crippen LogP contribution in [0.5, 0.6) is 11.5 Å². The average molecular weight is 475 g/mol. The molecule has 1 aliphatic heterocycles. The zero-order valence-corrected chi connectivity index (χ0v) is 18.1. The van der Waals surface area contributed by atoms with Gasteiger partial charge in [0.25, 0.3) is 0 Å². The maximum absolute atomic E-state index is 10.8. The first-order valence-electron chi connectivity index (χ1n) is 9.82. The molecule has 35 heavy (non-hydrogen) atoms. The van der Waals surface area contributed by atoms with E-state index in [-0.39, 0.29) is 41.3 Å². The molecule has 6 N–H and O–H groups in total. The number of hydrogen-bond donors (Lipinski definition) is 4. The van der Waals surface area contributed by atoms with Crippen molar-refractivity contribution < 1.29 is 14.4 Å². The molecule has 15 heteroatoms. The zero-order chi connectivity index (χ0) is 25.1. The number of nitrogens with one attached hydrogen (secondary N) is 2. The van der Waals surface area contributed by atoms with E-state index in [1.54, 1.807) is 24.4 Å². The van der Waals surface area contributed by atoms with E-state index in [9.17, 15) is 15.4 Å². The van der Waals surface area contributed by atoms with Crippen molar-refractivity contribution in [2.24, 2.45) is 4.99 Å². The van der Waals surface area contributed by atoms with Crippen LogP contribution in [-0.2, 0) is 6.73 Å². The summed E-state index contributed by atoms with van der Waals surface area (Å²) in [6.07, 6.45) is 4.13. The summed E-state index contributed by atoms with van der Waals surface area (Å²) in [5.41, 5.74) is 13.1. The molecule has 3 aromatic rings. The third kappa shape index (κ3) is 4.24. The van der Waals surface area contributed by atoms with Crippen molar-refractivity contribution in [3.8, 4) is 23.8 Å². The Labute approximate surface area is 197 Å². The molecule has 0 fully saturated rings. The zero-order valence-electron chi connectivity index (χ0n) is 18.1. The maximum Gasteiger partial charge on any atom is 0.307 e. The Morgan fingerprint density at radius 3 is 2.80 bits per heavy atom. The van der Waals surface area contributed by atoms with Gasteiger partial charge in [0.05, 0.1) is 17.7 Å². The third-order valence-electron chi connectivity index (χ3n) is 5.04. The molecule has 176 valence electrons. The Bertz CT molecular complexity index is 1430. The summed E-state index contributed by atoms with van der Waals surface area (Å²) >= 11 is 0. The number of aliphatic imine (C=N–C) groups is 1. The highest BCUT2D eigenvalue weighted by Gasteiger charge is 2.30. The molecule has 3 heterocycles. The van der Waals surface area contributed by atoms with E-state index in [1.807, 2.05) is 6.07 Å². The van der Waals surface area contributed by atoms with Crippen molar-refractivity contribution >= 4 is 29.0 Å². The van der Waals surface area contributed by atoms with Gasteiger partial charge >= 0.3 is 5.69 Å². The molecule has 1 aliphatic rings. The van der Waals surface area contributed by atoms with Gasteiger partial charge < -0.3 is 26.3 Å². The number of fused-ring (bicyclic) bond motifs is 1. The number of aromatic nitrogens is 3. The molecule has 1 aromatic carbocycles. The van der Waals surface area contributed by atoms with Crippen molar-refractivity contribution in [1.82, 2.24) is 20.1 Å². The predicted octanol–water partition coefficient (Wildman–Crippen LogP) is 1.21. The van der Waals surface area contributed by atoms with E-state index in [2.05, 4.69) is 25.7 Å². The fourth-order valence-electron chi connectivity index (χ4n) is 3.45. The van der Waals surface area contributed by atoms with Gasteiger partial charge in [0, 0.05) is 5.56 Å². The molecular weight excluding hydrogens is 458 g/mol. The number of ether oxygens (including phenoxy) is 2. The van der Waals surface area contributed by atoms with Crippen molar-refractivity contribution in [3.05, 3.63) is 57.4 Å². The van der Waals surface area contributed by atoms with Crippen LogP contribution in [0, 0.1) is 32.9 Å². The number of anilines is 3. The Hall–Kier alpha value is -5.57. The molecule has 0 radical (unpaired) electrons. The number of nitrogens with two attached hydrogens (primary N) is 2. The summed E-state index contributed by atoms with van der Waals surface area (Å²) in [5.74, 6) is 0.964. The fraction of sp³-hybridized carbons (Fsp3) is 0.150. The smallest absolute Gasteiger partial charge is 0.307 e. The number of rotatable bonds is 6. The molecule has 1 unspecified atom stereocenters. The lowest BCUT2D eigenvalue weighted by molar-refractivity contribution is -0.385. The molecule has 15 nitrogen and oxygen atoms in total. The maximum atomic E-state index is 10.8. The number of guanidine groups is 1. The van der Waals surface area contributed by atoms with E-state index >= 15 is 0 Å². The van der Waals surface area contributed by atoms with Crippen molar-refractivity contribution in [1.29, 1.82) is 10.5 Å². The highest BCUT2D eigenvalue weighted by Crippen LogP contribution is 2.42. The van der Waals surface area contributed by atoms with Gasteiger partial charge in [-0.05, 0) is 17.7 Å². The second kappa shape index (κ2) is 9.12. The van der Waals surface area contributed by atoms with Crippen LogP contribution in [0.25, 0.3) is 0 Å². The molecule has 0 saturated carbocycles. The van der Waals surface area contributed by atoms with Crippen LogP contribution < -0.4 is 31.6 Å². The minimum Gasteiger partial charge on any atom is -0.493 e. The third-order valence-corrected chi connectivity index (χ3v) is 5.04. The van der Waals surface area contributed by atoms with E-state index in [0.717, 1.165) is 6.20 Å². The highest BCUT2D eigenvalue weighted by molar-refractivity contribution is 5.98. The van der Waals surface area contributed by atoms with Gasteiger partial charge in [0.2, 0.25) is 5.96 Å². The second-order valence-electron chi connectivity index (χ2n) is 7.08.